The molecule has 12 heteroatoms. The minimum Gasteiger partial charge on any atom is -0.474 e. The van der Waals surface area contributed by atoms with Crippen LogP contribution in [0.5, 0.6) is 0 Å². The van der Waals surface area contributed by atoms with E-state index in [1.54, 1.807) is 29.2 Å². The lowest BCUT2D eigenvalue weighted by atomic mass is 10.2. The zero-order chi connectivity index (χ0) is 22.7. The second kappa shape index (κ2) is 9.65. The molecule has 1 N–H and O–H groups in total. The van der Waals surface area contributed by atoms with Crippen LogP contribution in [0, 0.1) is 5.82 Å². The maximum absolute atomic E-state index is 15.0. The van der Waals surface area contributed by atoms with E-state index in [-0.39, 0.29) is 11.0 Å². The number of rotatable bonds is 4. The zero-order valence-corrected chi connectivity index (χ0v) is 19.1. The summed E-state index contributed by atoms with van der Waals surface area (Å²) in [4.78, 5) is 21.7. The summed E-state index contributed by atoms with van der Waals surface area (Å²) < 4.78 is 27.0. The normalized spacial score (nSPS) is 18.5. The molecule has 2 saturated heterocycles. The van der Waals surface area contributed by atoms with Crippen LogP contribution in [0.25, 0.3) is 0 Å². The predicted molar refractivity (Wildman–Crippen MR) is 126 cm³/mol. The lowest BCUT2D eigenvalue weighted by Gasteiger charge is -2.37. The lowest BCUT2D eigenvalue weighted by molar-refractivity contribution is 0.142. The van der Waals surface area contributed by atoms with Crippen LogP contribution in [0.2, 0.25) is 0 Å². The third kappa shape index (κ3) is 4.75. The molecule has 32 heavy (non-hydrogen) atoms. The smallest absolute Gasteiger partial charge is 0.414 e. The molecule has 1 amide bonds. The minimum absolute atomic E-state index is 0.223. The molecule has 1 atom stereocenters. The summed E-state index contributed by atoms with van der Waals surface area (Å²) in [5, 5.41) is 3.76. The van der Waals surface area contributed by atoms with Crippen molar-refractivity contribution in [3.8, 4) is 0 Å². The van der Waals surface area contributed by atoms with E-state index in [9.17, 15) is 9.18 Å². The van der Waals surface area contributed by atoms with Crippen LogP contribution in [0.1, 0.15) is 0 Å². The van der Waals surface area contributed by atoms with E-state index in [1.807, 2.05) is 11.1 Å². The molecule has 4 rings (SSSR count). The fraction of sp³-hybridized carbons (Fsp3) is 0.400. The minimum atomic E-state index is -0.520. The van der Waals surface area contributed by atoms with E-state index in [0.29, 0.717) is 55.8 Å². The second-order valence-electron chi connectivity index (χ2n) is 7.35. The number of cyclic esters (lactones) is 1. The Kier molecular flexibility index (Phi) is 6.70. The summed E-state index contributed by atoms with van der Waals surface area (Å²) in [6, 6.07) is 4.81. The Labute approximate surface area is 195 Å². The SMILES string of the molecule is COC(=S)NCC1CN(c2ccc(N3CCN(C(=S)n4ccnc4)CC3)c(F)c2)C(=O)O1. The van der Waals surface area contributed by atoms with E-state index < -0.39 is 12.2 Å². The van der Waals surface area contributed by atoms with Crippen LogP contribution < -0.4 is 15.1 Å². The Morgan fingerprint density at radius 2 is 2.09 bits per heavy atom. The van der Waals surface area contributed by atoms with Crippen molar-refractivity contribution in [2.75, 3.05) is 56.2 Å². The summed E-state index contributed by atoms with van der Waals surface area (Å²) in [5.74, 6) is -0.386. The lowest BCUT2D eigenvalue weighted by Crippen LogP contribution is -2.50. The number of carbonyl (C=O) groups excluding carboxylic acids is 1. The molecule has 2 aliphatic rings. The van der Waals surface area contributed by atoms with Crippen molar-refractivity contribution in [1.29, 1.82) is 0 Å². The number of aromatic nitrogens is 2. The molecule has 9 nitrogen and oxygen atoms in total. The van der Waals surface area contributed by atoms with E-state index in [1.165, 1.54) is 18.1 Å². The van der Waals surface area contributed by atoms with E-state index in [2.05, 4.69) is 15.2 Å². The number of benzene rings is 1. The predicted octanol–water partition coefficient (Wildman–Crippen LogP) is 1.82. The van der Waals surface area contributed by atoms with Crippen LogP contribution in [0.3, 0.4) is 0 Å². The topological polar surface area (TPSA) is 75.1 Å². The van der Waals surface area contributed by atoms with Crippen LogP contribution in [-0.4, -0.2) is 83.3 Å². The Balaban J connectivity index is 1.36. The summed E-state index contributed by atoms with van der Waals surface area (Å²) in [5.41, 5.74) is 0.950. The van der Waals surface area contributed by atoms with Gasteiger partial charge in [0.05, 0.1) is 31.6 Å². The van der Waals surface area contributed by atoms with Crippen molar-refractivity contribution in [3.63, 3.8) is 0 Å². The number of piperazine rings is 1. The Bertz CT molecular complexity index is 997. The third-order valence-corrected chi connectivity index (χ3v) is 6.17. The van der Waals surface area contributed by atoms with Gasteiger partial charge in [0.1, 0.15) is 18.2 Å². The molecule has 3 heterocycles. The molecule has 1 unspecified atom stereocenters. The number of imidazole rings is 1. The zero-order valence-electron chi connectivity index (χ0n) is 17.4. The molecule has 1 aromatic carbocycles. The Morgan fingerprint density at radius 3 is 2.75 bits per heavy atom. The summed E-state index contributed by atoms with van der Waals surface area (Å²) in [7, 11) is 1.46. The monoisotopic (exact) mass is 478 g/mol. The number of hydrogen-bond donors (Lipinski definition) is 1. The second-order valence-corrected chi connectivity index (χ2v) is 8.09. The fourth-order valence-corrected chi connectivity index (χ4v) is 4.08. The average Bonchev–Trinajstić information content (AvgIpc) is 3.47. The van der Waals surface area contributed by atoms with Gasteiger partial charge in [-0.3, -0.25) is 9.47 Å². The number of nitrogens with zero attached hydrogens (tertiary/aromatic N) is 5. The molecule has 1 aromatic heterocycles. The van der Waals surface area contributed by atoms with Gasteiger partial charge in [0.25, 0.3) is 5.17 Å². The first kappa shape index (κ1) is 22.2. The summed E-state index contributed by atoms with van der Waals surface area (Å²) in [6.07, 6.45) is 4.23. The fourth-order valence-electron chi connectivity index (χ4n) is 3.70. The molecule has 2 fully saturated rings. The molecule has 0 spiro atoms. The van der Waals surface area contributed by atoms with Crippen molar-refractivity contribution >= 4 is 52.2 Å². The van der Waals surface area contributed by atoms with Crippen molar-refractivity contribution in [3.05, 3.63) is 42.7 Å². The van der Waals surface area contributed by atoms with E-state index in [0.717, 1.165) is 0 Å². The van der Waals surface area contributed by atoms with E-state index in [4.69, 9.17) is 33.9 Å². The maximum Gasteiger partial charge on any atom is 0.414 e. The summed E-state index contributed by atoms with van der Waals surface area (Å²) >= 11 is 10.4. The van der Waals surface area contributed by atoms with Crippen LogP contribution in [0.4, 0.5) is 20.6 Å². The number of nitrogens with one attached hydrogen (secondary N) is 1. The van der Waals surface area contributed by atoms with Gasteiger partial charge < -0.3 is 24.6 Å². The van der Waals surface area contributed by atoms with Gasteiger partial charge in [-0.1, -0.05) is 0 Å². The van der Waals surface area contributed by atoms with Gasteiger partial charge in [0.15, 0.2) is 5.11 Å². The molecule has 0 saturated carbocycles. The maximum atomic E-state index is 15.0. The number of anilines is 2. The third-order valence-electron chi connectivity index (χ3n) is 5.39. The molecule has 0 aliphatic carbocycles. The highest BCUT2D eigenvalue weighted by molar-refractivity contribution is 7.80. The molecular formula is C20H23FN6O3S2. The molecule has 170 valence electrons. The number of amides is 1. The standard InChI is InChI=1S/C20H23FN6O3S2/c1-29-18(31)23-11-15-12-27(20(28)30-15)14-2-3-17(16(21)10-14)24-6-8-25(9-7-24)19(32)26-5-4-22-13-26/h2-5,10,13,15H,6-9,11-12H2,1H3,(H,23,31). The first-order valence-electron chi connectivity index (χ1n) is 10.1. The quantitative estimate of drug-likeness (QED) is 0.663. The van der Waals surface area contributed by atoms with Gasteiger partial charge in [-0.25, -0.2) is 14.2 Å². The highest BCUT2D eigenvalue weighted by Crippen LogP contribution is 2.28. The van der Waals surface area contributed by atoms with Gasteiger partial charge in [0.2, 0.25) is 0 Å². The Morgan fingerprint density at radius 1 is 1.31 bits per heavy atom. The number of methoxy groups -OCH3 is 1. The van der Waals surface area contributed by atoms with Gasteiger partial charge >= 0.3 is 6.09 Å². The van der Waals surface area contributed by atoms with Crippen molar-refractivity contribution in [2.45, 2.75) is 6.10 Å². The molecular weight excluding hydrogens is 455 g/mol. The van der Waals surface area contributed by atoms with E-state index >= 15 is 0 Å². The number of halogens is 1. The van der Waals surface area contributed by atoms with Gasteiger partial charge in [-0.15, -0.1) is 0 Å². The number of thiocarbonyl (C=S) groups is 2. The van der Waals surface area contributed by atoms with Crippen LogP contribution >= 0.6 is 24.4 Å². The number of hydrogen-bond acceptors (Lipinski definition) is 7. The Hall–Kier alpha value is -2.99. The molecule has 2 aliphatic heterocycles. The van der Waals surface area contributed by atoms with Gasteiger partial charge in [-0.05, 0) is 42.6 Å². The molecule has 0 radical (unpaired) electrons. The first-order valence-corrected chi connectivity index (χ1v) is 10.9. The van der Waals surface area contributed by atoms with Gasteiger partial charge in [-0.2, -0.15) is 0 Å². The molecule has 2 aromatic rings. The largest absolute Gasteiger partial charge is 0.474 e. The number of ether oxygens (including phenoxy) is 2. The van der Waals surface area contributed by atoms with Crippen molar-refractivity contribution < 1.29 is 18.7 Å². The van der Waals surface area contributed by atoms with Crippen molar-refractivity contribution in [1.82, 2.24) is 19.8 Å². The average molecular weight is 479 g/mol. The van der Waals surface area contributed by atoms with Gasteiger partial charge in [0, 0.05) is 38.6 Å². The van der Waals surface area contributed by atoms with Crippen LogP contribution in [0.15, 0.2) is 36.9 Å². The van der Waals surface area contributed by atoms with Crippen molar-refractivity contribution in [2.24, 2.45) is 0 Å². The highest BCUT2D eigenvalue weighted by atomic mass is 32.1. The number of carbonyl (C=O) groups is 1. The highest BCUT2D eigenvalue weighted by Gasteiger charge is 2.33. The first-order chi connectivity index (χ1) is 15.5. The molecule has 0 bridgehead atoms. The summed E-state index contributed by atoms with van der Waals surface area (Å²) in [6.45, 7) is 3.22. The van der Waals surface area contributed by atoms with Crippen LogP contribution in [-0.2, 0) is 9.47 Å².